The van der Waals surface area contributed by atoms with Crippen LogP contribution in [0.3, 0.4) is 0 Å². The van der Waals surface area contributed by atoms with Crippen molar-refractivity contribution in [2.45, 2.75) is 19.5 Å². The number of nitrogens with one attached hydrogen (secondary N) is 1. The van der Waals surface area contributed by atoms with Gasteiger partial charge in [-0.1, -0.05) is 42.5 Å². The Hall–Kier alpha value is -1.38. The van der Waals surface area contributed by atoms with Gasteiger partial charge in [0.15, 0.2) is 0 Å². The molecule has 1 fully saturated rings. The average Bonchev–Trinajstić information content (AvgIpc) is 2.39. The number of benzene rings is 2. The van der Waals surface area contributed by atoms with Gasteiger partial charge in [0.2, 0.25) is 0 Å². The minimum Gasteiger partial charge on any atom is -0.312 e. The molecule has 1 aliphatic heterocycles. The first-order valence-corrected chi connectivity index (χ1v) is 6.75. The monoisotopic (exact) mass is 240 g/mol. The molecule has 3 rings (SSSR count). The van der Waals surface area contributed by atoms with Crippen molar-refractivity contribution in [1.29, 1.82) is 0 Å². The number of fused-ring (bicyclic) bond motifs is 1. The number of piperazine rings is 1. The SMILES string of the molecule is C[C@H]1CN(Cc2cccc3ccccc23)CCN1. The molecule has 2 aromatic carbocycles. The molecule has 1 atom stereocenters. The molecule has 0 amide bonds. The quantitative estimate of drug-likeness (QED) is 0.868. The molecular weight excluding hydrogens is 220 g/mol. The van der Waals surface area contributed by atoms with Crippen LogP contribution in [-0.2, 0) is 6.54 Å². The summed E-state index contributed by atoms with van der Waals surface area (Å²) in [4.78, 5) is 2.54. The van der Waals surface area contributed by atoms with Crippen LogP contribution in [0.25, 0.3) is 10.8 Å². The van der Waals surface area contributed by atoms with Crippen LogP contribution in [-0.4, -0.2) is 30.6 Å². The molecule has 2 aromatic rings. The van der Waals surface area contributed by atoms with Crippen molar-refractivity contribution < 1.29 is 0 Å². The van der Waals surface area contributed by atoms with Crippen LogP contribution in [0.15, 0.2) is 42.5 Å². The summed E-state index contributed by atoms with van der Waals surface area (Å²) in [7, 11) is 0. The van der Waals surface area contributed by atoms with Gasteiger partial charge in [-0.05, 0) is 23.3 Å². The van der Waals surface area contributed by atoms with Crippen molar-refractivity contribution in [2.75, 3.05) is 19.6 Å². The van der Waals surface area contributed by atoms with E-state index in [2.05, 4.69) is 59.6 Å². The summed E-state index contributed by atoms with van der Waals surface area (Å²) in [5, 5.41) is 6.23. The maximum absolute atomic E-state index is 3.49. The number of hydrogen-bond donors (Lipinski definition) is 1. The third kappa shape index (κ3) is 2.40. The van der Waals surface area contributed by atoms with Gasteiger partial charge in [0.25, 0.3) is 0 Å². The first-order chi connectivity index (χ1) is 8.83. The minimum absolute atomic E-state index is 0.605. The molecule has 1 N–H and O–H groups in total. The van der Waals surface area contributed by atoms with E-state index in [1.807, 2.05) is 0 Å². The van der Waals surface area contributed by atoms with Gasteiger partial charge < -0.3 is 5.32 Å². The second kappa shape index (κ2) is 5.09. The molecule has 0 radical (unpaired) electrons. The molecule has 94 valence electrons. The zero-order valence-corrected chi connectivity index (χ0v) is 10.9. The van der Waals surface area contributed by atoms with Crippen LogP contribution in [0.5, 0.6) is 0 Å². The van der Waals surface area contributed by atoms with Gasteiger partial charge in [-0.2, -0.15) is 0 Å². The molecule has 1 heterocycles. The lowest BCUT2D eigenvalue weighted by atomic mass is 10.0. The van der Waals surface area contributed by atoms with Crippen molar-refractivity contribution in [2.24, 2.45) is 0 Å². The Morgan fingerprint density at radius 1 is 1.17 bits per heavy atom. The Morgan fingerprint density at radius 2 is 2.00 bits per heavy atom. The molecule has 2 heteroatoms. The van der Waals surface area contributed by atoms with Crippen LogP contribution in [0.4, 0.5) is 0 Å². The van der Waals surface area contributed by atoms with Crippen molar-refractivity contribution >= 4 is 10.8 Å². The fourth-order valence-corrected chi connectivity index (χ4v) is 2.83. The molecule has 1 saturated heterocycles. The molecular formula is C16H20N2. The zero-order chi connectivity index (χ0) is 12.4. The van der Waals surface area contributed by atoms with Crippen LogP contribution in [0, 0.1) is 0 Å². The van der Waals surface area contributed by atoms with E-state index in [0.29, 0.717) is 6.04 Å². The lowest BCUT2D eigenvalue weighted by Gasteiger charge is -2.32. The lowest BCUT2D eigenvalue weighted by Crippen LogP contribution is -2.48. The third-order valence-electron chi connectivity index (χ3n) is 3.73. The second-order valence-electron chi connectivity index (χ2n) is 5.23. The first kappa shape index (κ1) is 11.7. The highest BCUT2D eigenvalue weighted by Crippen LogP contribution is 2.20. The number of nitrogens with zero attached hydrogens (tertiary/aromatic N) is 1. The second-order valence-corrected chi connectivity index (χ2v) is 5.23. The Labute approximate surface area is 109 Å². The minimum atomic E-state index is 0.605. The van der Waals surface area contributed by atoms with E-state index in [0.717, 1.165) is 26.2 Å². The van der Waals surface area contributed by atoms with E-state index in [4.69, 9.17) is 0 Å². The van der Waals surface area contributed by atoms with E-state index in [1.54, 1.807) is 0 Å². The summed E-state index contributed by atoms with van der Waals surface area (Å²) in [6, 6.07) is 15.9. The predicted molar refractivity (Wildman–Crippen MR) is 76.7 cm³/mol. The molecule has 18 heavy (non-hydrogen) atoms. The van der Waals surface area contributed by atoms with Crippen molar-refractivity contribution in [3.8, 4) is 0 Å². The molecule has 2 nitrogen and oxygen atoms in total. The lowest BCUT2D eigenvalue weighted by molar-refractivity contribution is 0.200. The summed E-state index contributed by atoms with van der Waals surface area (Å²) in [5.74, 6) is 0. The van der Waals surface area contributed by atoms with Crippen LogP contribution in [0.2, 0.25) is 0 Å². The summed E-state index contributed by atoms with van der Waals surface area (Å²) in [6.45, 7) is 6.71. The van der Waals surface area contributed by atoms with E-state index in [1.165, 1.54) is 16.3 Å². The van der Waals surface area contributed by atoms with Gasteiger partial charge in [-0.15, -0.1) is 0 Å². The fourth-order valence-electron chi connectivity index (χ4n) is 2.83. The Kier molecular flexibility index (Phi) is 3.31. The van der Waals surface area contributed by atoms with Gasteiger partial charge in [0.05, 0.1) is 0 Å². The Balaban J connectivity index is 1.86. The molecule has 0 bridgehead atoms. The zero-order valence-electron chi connectivity index (χ0n) is 10.9. The molecule has 0 saturated carbocycles. The van der Waals surface area contributed by atoms with E-state index in [9.17, 15) is 0 Å². The highest BCUT2D eigenvalue weighted by atomic mass is 15.2. The van der Waals surface area contributed by atoms with Gasteiger partial charge in [0.1, 0.15) is 0 Å². The van der Waals surface area contributed by atoms with Crippen LogP contribution in [0.1, 0.15) is 12.5 Å². The molecule has 0 unspecified atom stereocenters. The molecule has 1 aliphatic rings. The maximum atomic E-state index is 3.49. The number of hydrogen-bond acceptors (Lipinski definition) is 2. The van der Waals surface area contributed by atoms with E-state index in [-0.39, 0.29) is 0 Å². The van der Waals surface area contributed by atoms with Crippen molar-refractivity contribution in [1.82, 2.24) is 10.2 Å². The largest absolute Gasteiger partial charge is 0.312 e. The maximum Gasteiger partial charge on any atom is 0.0241 e. The van der Waals surface area contributed by atoms with Crippen LogP contribution >= 0.6 is 0 Å². The van der Waals surface area contributed by atoms with Crippen LogP contribution < -0.4 is 5.32 Å². The van der Waals surface area contributed by atoms with E-state index < -0.39 is 0 Å². The third-order valence-corrected chi connectivity index (χ3v) is 3.73. The summed E-state index contributed by atoms with van der Waals surface area (Å²) >= 11 is 0. The fraction of sp³-hybridized carbons (Fsp3) is 0.375. The molecule has 0 spiro atoms. The normalized spacial score (nSPS) is 21.3. The summed E-state index contributed by atoms with van der Waals surface area (Å²) in [5.41, 5.74) is 1.45. The van der Waals surface area contributed by atoms with E-state index >= 15 is 0 Å². The Bertz CT molecular complexity index is 530. The predicted octanol–water partition coefficient (Wildman–Crippen LogP) is 2.63. The standard InChI is InChI=1S/C16H20N2/c1-13-11-18(10-9-17-13)12-15-7-4-6-14-5-2-3-8-16(14)15/h2-8,13,17H,9-12H2,1H3/t13-/m0/s1. The average molecular weight is 240 g/mol. The molecule has 0 aliphatic carbocycles. The smallest absolute Gasteiger partial charge is 0.0241 e. The summed E-state index contributed by atoms with van der Waals surface area (Å²) < 4.78 is 0. The van der Waals surface area contributed by atoms with Gasteiger partial charge in [-0.3, -0.25) is 4.90 Å². The Morgan fingerprint density at radius 3 is 2.89 bits per heavy atom. The summed E-state index contributed by atoms with van der Waals surface area (Å²) in [6.07, 6.45) is 0. The highest BCUT2D eigenvalue weighted by molar-refractivity contribution is 5.85. The van der Waals surface area contributed by atoms with Gasteiger partial charge in [-0.25, -0.2) is 0 Å². The highest BCUT2D eigenvalue weighted by Gasteiger charge is 2.16. The topological polar surface area (TPSA) is 15.3 Å². The van der Waals surface area contributed by atoms with Gasteiger partial charge in [0, 0.05) is 32.2 Å². The molecule has 0 aromatic heterocycles. The van der Waals surface area contributed by atoms with Crippen molar-refractivity contribution in [3.05, 3.63) is 48.0 Å². The van der Waals surface area contributed by atoms with Crippen molar-refractivity contribution in [3.63, 3.8) is 0 Å². The number of rotatable bonds is 2. The first-order valence-electron chi connectivity index (χ1n) is 6.75. The van der Waals surface area contributed by atoms with Gasteiger partial charge >= 0.3 is 0 Å².